The van der Waals surface area contributed by atoms with Crippen LogP contribution in [0.4, 0.5) is 0 Å². The SMILES string of the molecule is Oc1c(-c2ccccc2)c2[nH]c1cc1nc(cc3ccc(cc4nc(c2-c2ccccc2)C(c2ccccc2)=C4c2ccccc2)[nH]3)C=C1. The van der Waals surface area contributed by atoms with Crippen molar-refractivity contribution in [3.63, 3.8) is 0 Å². The summed E-state index contributed by atoms with van der Waals surface area (Å²) in [6.45, 7) is 0. The maximum absolute atomic E-state index is 12.1. The first-order chi connectivity index (χ1) is 24.2. The largest absolute Gasteiger partial charge is 0.505 e. The van der Waals surface area contributed by atoms with Crippen molar-refractivity contribution >= 4 is 45.4 Å². The van der Waals surface area contributed by atoms with Crippen molar-refractivity contribution in [2.75, 3.05) is 0 Å². The molecule has 5 nitrogen and oxygen atoms in total. The van der Waals surface area contributed by atoms with E-state index in [0.717, 1.165) is 78.3 Å². The number of hydrogen-bond acceptors (Lipinski definition) is 3. The second kappa shape index (κ2) is 11.8. The predicted octanol–water partition coefficient (Wildman–Crippen LogP) is 10.5. The molecule has 0 unspecified atom stereocenters. The van der Waals surface area contributed by atoms with Gasteiger partial charge in [0.05, 0.1) is 33.8 Å². The first-order valence-electron chi connectivity index (χ1n) is 16.3. The topological polar surface area (TPSA) is 77.6 Å². The second-order valence-corrected chi connectivity index (χ2v) is 12.2. The van der Waals surface area contributed by atoms with Crippen LogP contribution in [0.5, 0.6) is 5.75 Å². The average Bonchev–Trinajstić information content (AvgIpc) is 3.94. The molecule has 7 aromatic rings. The maximum Gasteiger partial charge on any atom is 0.149 e. The summed E-state index contributed by atoms with van der Waals surface area (Å²) in [7, 11) is 0. The van der Waals surface area contributed by atoms with Crippen LogP contribution in [-0.2, 0) is 0 Å². The van der Waals surface area contributed by atoms with Crippen molar-refractivity contribution in [1.29, 1.82) is 0 Å². The lowest BCUT2D eigenvalue weighted by molar-refractivity contribution is 0.484. The van der Waals surface area contributed by atoms with Crippen LogP contribution in [0.2, 0.25) is 0 Å². The number of aromatic amines is 2. The van der Waals surface area contributed by atoms with E-state index in [1.165, 1.54) is 0 Å². The van der Waals surface area contributed by atoms with Gasteiger partial charge in [-0.15, -0.1) is 0 Å². The molecule has 5 heterocycles. The fourth-order valence-corrected chi connectivity index (χ4v) is 6.85. The highest BCUT2D eigenvalue weighted by Gasteiger charge is 2.28. The summed E-state index contributed by atoms with van der Waals surface area (Å²) in [6.07, 6.45) is 3.95. The highest BCUT2D eigenvalue weighted by Crippen LogP contribution is 2.47. The Labute approximate surface area is 283 Å². The van der Waals surface area contributed by atoms with Gasteiger partial charge in [-0.2, -0.15) is 0 Å². The summed E-state index contributed by atoms with van der Waals surface area (Å²) >= 11 is 0. The molecule has 0 radical (unpaired) electrons. The Balaban J connectivity index is 1.55. The zero-order valence-electron chi connectivity index (χ0n) is 26.4. The number of H-pyrrole nitrogens is 2. The zero-order chi connectivity index (χ0) is 32.7. The van der Waals surface area contributed by atoms with Gasteiger partial charge in [0.25, 0.3) is 0 Å². The maximum atomic E-state index is 12.1. The first-order valence-corrected chi connectivity index (χ1v) is 16.3. The molecule has 4 aromatic carbocycles. The number of aromatic hydroxyl groups is 1. The molecule has 2 aliphatic rings. The fourth-order valence-electron chi connectivity index (χ4n) is 6.85. The molecule has 0 saturated carbocycles. The Morgan fingerprint density at radius 1 is 0.449 bits per heavy atom. The van der Waals surface area contributed by atoms with E-state index in [0.29, 0.717) is 11.1 Å². The molecule has 49 heavy (non-hydrogen) atoms. The zero-order valence-corrected chi connectivity index (χ0v) is 26.4. The van der Waals surface area contributed by atoms with Gasteiger partial charge in [-0.3, -0.25) is 0 Å². The lowest BCUT2D eigenvalue weighted by atomic mass is 9.89. The molecule has 3 N–H and O–H groups in total. The third kappa shape index (κ3) is 5.14. The standard InChI is InChI=1S/C44H30N4O/c49-44-37-27-35-24-22-33(46-35)25-32-21-23-34(45-32)26-36-38(28-13-5-1-6-14-28)39(29-15-7-2-8-16-29)42(47-36)40(30-17-9-3-10-18-30)43(48-37)41(44)31-19-11-4-12-20-31/h1-27,45,48-49H. The molecule has 0 fully saturated rings. The molecule has 2 aliphatic heterocycles. The summed E-state index contributed by atoms with van der Waals surface area (Å²) in [5, 5.41) is 12.1. The predicted molar refractivity (Wildman–Crippen MR) is 200 cm³/mol. The van der Waals surface area contributed by atoms with Gasteiger partial charge in [-0.1, -0.05) is 121 Å². The van der Waals surface area contributed by atoms with Crippen LogP contribution >= 0.6 is 0 Å². The quantitative estimate of drug-likeness (QED) is 0.181. The molecule has 0 saturated heterocycles. The number of nitrogens with zero attached hydrogens (tertiary/aromatic N) is 2. The summed E-state index contributed by atoms with van der Waals surface area (Å²) in [4.78, 5) is 17.6. The number of nitrogens with one attached hydrogen (secondary N) is 2. The molecular weight excluding hydrogens is 601 g/mol. The van der Waals surface area contributed by atoms with Gasteiger partial charge >= 0.3 is 0 Å². The van der Waals surface area contributed by atoms with E-state index in [1.54, 1.807) is 0 Å². The van der Waals surface area contributed by atoms with Gasteiger partial charge in [0, 0.05) is 33.3 Å². The summed E-state index contributed by atoms with van der Waals surface area (Å²) in [5.41, 5.74) is 14.0. The van der Waals surface area contributed by atoms with Crippen molar-refractivity contribution in [3.05, 3.63) is 186 Å². The van der Waals surface area contributed by atoms with Crippen LogP contribution in [0.3, 0.4) is 0 Å². The van der Waals surface area contributed by atoms with Crippen molar-refractivity contribution in [2.45, 2.75) is 0 Å². The third-order valence-electron chi connectivity index (χ3n) is 9.02. The minimum Gasteiger partial charge on any atom is -0.505 e. The van der Waals surface area contributed by atoms with Crippen molar-refractivity contribution in [1.82, 2.24) is 19.9 Å². The molecule has 8 bridgehead atoms. The third-order valence-corrected chi connectivity index (χ3v) is 9.02. The summed E-state index contributed by atoms with van der Waals surface area (Å²) < 4.78 is 0. The second-order valence-electron chi connectivity index (χ2n) is 12.2. The van der Waals surface area contributed by atoms with Crippen molar-refractivity contribution in [2.24, 2.45) is 0 Å². The lowest BCUT2D eigenvalue weighted by Crippen LogP contribution is -1.94. The van der Waals surface area contributed by atoms with E-state index < -0.39 is 0 Å². The van der Waals surface area contributed by atoms with Crippen molar-refractivity contribution < 1.29 is 5.11 Å². The summed E-state index contributed by atoms with van der Waals surface area (Å²) in [5.74, 6) is 0.156. The molecule has 0 atom stereocenters. The van der Waals surface area contributed by atoms with E-state index in [2.05, 4.69) is 88.8 Å². The van der Waals surface area contributed by atoms with Crippen LogP contribution in [0.15, 0.2) is 152 Å². The highest BCUT2D eigenvalue weighted by atomic mass is 16.3. The normalized spacial score (nSPS) is 12.4. The minimum atomic E-state index is 0.156. The van der Waals surface area contributed by atoms with Gasteiger partial charge in [0.1, 0.15) is 5.75 Å². The average molecular weight is 631 g/mol. The van der Waals surface area contributed by atoms with Gasteiger partial charge in [0.15, 0.2) is 0 Å². The number of benzene rings is 4. The van der Waals surface area contributed by atoms with E-state index in [4.69, 9.17) is 9.97 Å². The molecule has 3 aromatic heterocycles. The van der Waals surface area contributed by atoms with Crippen molar-refractivity contribution in [3.8, 4) is 28.0 Å². The van der Waals surface area contributed by atoms with Crippen LogP contribution in [0.1, 0.15) is 33.9 Å². The van der Waals surface area contributed by atoms with Crippen LogP contribution < -0.4 is 0 Å². The Bertz CT molecular complexity index is 2580. The van der Waals surface area contributed by atoms with Crippen LogP contribution in [0.25, 0.3) is 67.6 Å². The molecular formula is C44H30N4O. The summed E-state index contributed by atoms with van der Waals surface area (Å²) in [6, 6.07) is 51.5. The number of hydrogen-bond donors (Lipinski definition) is 3. The number of fused-ring (bicyclic) bond motifs is 8. The Kier molecular flexibility index (Phi) is 6.87. The number of aromatic nitrogens is 4. The Morgan fingerprint density at radius 2 is 0.959 bits per heavy atom. The molecule has 5 heteroatoms. The molecule has 0 amide bonds. The van der Waals surface area contributed by atoms with Gasteiger partial charge < -0.3 is 15.1 Å². The van der Waals surface area contributed by atoms with E-state index in [-0.39, 0.29) is 5.75 Å². The fraction of sp³-hybridized carbons (Fsp3) is 0. The molecule has 0 aliphatic carbocycles. The smallest absolute Gasteiger partial charge is 0.149 e. The lowest BCUT2D eigenvalue weighted by Gasteiger charge is -2.13. The highest BCUT2D eigenvalue weighted by molar-refractivity contribution is 6.12. The van der Waals surface area contributed by atoms with Gasteiger partial charge in [0.2, 0.25) is 0 Å². The van der Waals surface area contributed by atoms with E-state index in [1.807, 2.05) is 84.9 Å². The monoisotopic (exact) mass is 630 g/mol. The van der Waals surface area contributed by atoms with E-state index in [9.17, 15) is 5.11 Å². The van der Waals surface area contributed by atoms with E-state index >= 15 is 0 Å². The first kappa shape index (κ1) is 28.5. The molecule has 232 valence electrons. The van der Waals surface area contributed by atoms with Crippen LogP contribution in [0, 0.1) is 0 Å². The number of rotatable bonds is 4. The van der Waals surface area contributed by atoms with Crippen LogP contribution in [-0.4, -0.2) is 25.0 Å². The Hall–Kier alpha value is -6.72. The molecule has 9 rings (SSSR count). The van der Waals surface area contributed by atoms with Gasteiger partial charge in [-0.05, 0) is 64.7 Å². The minimum absolute atomic E-state index is 0.156. The van der Waals surface area contributed by atoms with Gasteiger partial charge in [-0.25, -0.2) is 9.97 Å². The Morgan fingerprint density at radius 3 is 1.57 bits per heavy atom. The molecule has 0 spiro atoms.